The van der Waals surface area contributed by atoms with E-state index in [0.29, 0.717) is 12.6 Å². The van der Waals surface area contributed by atoms with E-state index in [-0.39, 0.29) is 5.78 Å². The van der Waals surface area contributed by atoms with E-state index in [9.17, 15) is 4.79 Å². The van der Waals surface area contributed by atoms with Gasteiger partial charge in [-0.25, -0.2) is 0 Å². The Bertz CT molecular complexity index is 419. The van der Waals surface area contributed by atoms with Gasteiger partial charge >= 0.3 is 0 Å². The third-order valence-corrected chi connectivity index (χ3v) is 3.99. The van der Waals surface area contributed by atoms with E-state index < -0.39 is 0 Å². The van der Waals surface area contributed by atoms with Crippen LogP contribution >= 0.6 is 0 Å². The van der Waals surface area contributed by atoms with Crippen LogP contribution in [0.3, 0.4) is 0 Å². The molecule has 1 aliphatic rings. The molecule has 0 saturated heterocycles. The maximum absolute atomic E-state index is 12.1. The Labute approximate surface area is 110 Å². The molecule has 1 aromatic rings. The van der Waals surface area contributed by atoms with Gasteiger partial charge < -0.3 is 5.32 Å². The number of benzene rings is 1. The summed E-state index contributed by atoms with van der Waals surface area (Å²) >= 11 is 0. The van der Waals surface area contributed by atoms with Crippen LogP contribution in [-0.2, 0) is 0 Å². The predicted octanol–water partition coefficient (Wildman–Crippen LogP) is 3.41. The normalized spacial score (nSPS) is 16.8. The number of hydrogen-bond acceptors (Lipinski definition) is 2. The highest BCUT2D eigenvalue weighted by molar-refractivity contribution is 5.97. The summed E-state index contributed by atoms with van der Waals surface area (Å²) in [6.45, 7) is 4.61. The molecular weight excluding hydrogens is 222 g/mol. The zero-order chi connectivity index (χ0) is 13.0. The van der Waals surface area contributed by atoms with Crippen LogP contribution in [0.25, 0.3) is 0 Å². The molecule has 98 valence electrons. The molecule has 1 aliphatic carbocycles. The van der Waals surface area contributed by atoms with Gasteiger partial charge in [-0.2, -0.15) is 0 Å². The fourth-order valence-electron chi connectivity index (χ4n) is 2.56. The van der Waals surface area contributed by atoms with E-state index in [1.165, 1.54) is 43.2 Å². The molecule has 1 aromatic carbocycles. The van der Waals surface area contributed by atoms with Crippen LogP contribution in [0.2, 0.25) is 0 Å². The molecule has 1 fully saturated rings. The fraction of sp³-hybridized carbons (Fsp3) is 0.562. The molecule has 2 nitrogen and oxygen atoms in total. The van der Waals surface area contributed by atoms with Crippen LogP contribution in [-0.4, -0.2) is 18.4 Å². The van der Waals surface area contributed by atoms with Crippen molar-refractivity contribution >= 4 is 5.78 Å². The highest BCUT2D eigenvalue weighted by Crippen LogP contribution is 2.17. The number of nitrogens with one attached hydrogen (secondary N) is 1. The lowest BCUT2D eigenvalue weighted by molar-refractivity contribution is 0.0984. The summed E-state index contributed by atoms with van der Waals surface area (Å²) < 4.78 is 0. The van der Waals surface area contributed by atoms with Crippen LogP contribution in [0.5, 0.6) is 0 Å². The first-order chi connectivity index (χ1) is 8.66. The van der Waals surface area contributed by atoms with Gasteiger partial charge in [0.2, 0.25) is 0 Å². The van der Waals surface area contributed by atoms with Crippen molar-refractivity contribution in [1.82, 2.24) is 5.32 Å². The first kappa shape index (κ1) is 13.3. The minimum absolute atomic E-state index is 0.212. The highest BCUT2D eigenvalue weighted by Gasteiger charge is 2.14. The van der Waals surface area contributed by atoms with Crippen molar-refractivity contribution in [3.63, 3.8) is 0 Å². The standard InChI is InChI=1S/C16H23NO/c1-12-8-9-14(10-13(12)2)16(18)11-17-15-6-4-3-5-7-15/h8-10,15,17H,3-7,11H2,1-2H3. The van der Waals surface area contributed by atoms with E-state index in [1.807, 2.05) is 18.2 Å². The lowest BCUT2D eigenvalue weighted by Gasteiger charge is -2.22. The Morgan fingerprint density at radius 1 is 1.17 bits per heavy atom. The van der Waals surface area contributed by atoms with E-state index in [4.69, 9.17) is 0 Å². The minimum Gasteiger partial charge on any atom is -0.307 e. The number of rotatable bonds is 4. The summed E-state index contributed by atoms with van der Waals surface area (Å²) in [6.07, 6.45) is 6.40. The van der Waals surface area contributed by atoms with Crippen molar-refractivity contribution in [1.29, 1.82) is 0 Å². The topological polar surface area (TPSA) is 29.1 Å². The number of ketones is 1. The van der Waals surface area contributed by atoms with Gasteiger partial charge in [-0.3, -0.25) is 4.79 Å². The molecular formula is C16H23NO. The van der Waals surface area contributed by atoms with Gasteiger partial charge in [-0.1, -0.05) is 31.4 Å². The first-order valence-electron chi connectivity index (χ1n) is 7.00. The summed E-state index contributed by atoms with van der Waals surface area (Å²) in [5.41, 5.74) is 3.27. The van der Waals surface area contributed by atoms with Crippen molar-refractivity contribution in [2.24, 2.45) is 0 Å². The quantitative estimate of drug-likeness (QED) is 0.824. The third kappa shape index (κ3) is 3.42. The average molecular weight is 245 g/mol. The van der Waals surface area contributed by atoms with Gasteiger partial charge in [-0.05, 0) is 43.9 Å². The third-order valence-electron chi connectivity index (χ3n) is 3.99. The number of Topliss-reactive ketones (excluding diaryl/α,β-unsaturated/α-hetero) is 1. The van der Waals surface area contributed by atoms with E-state index in [0.717, 1.165) is 5.56 Å². The van der Waals surface area contributed by atoms with Crippen LogP contribution in [0, 0.1) is 13.8 Å². The smallest absolute Gasteiger partial charge is 0.176 e. The summed E-state index contributed by atoms with van der Waals surface area (Å²) in [6, 6.07) is 6.52. The molecule has 2 rings (SSSR count). The summed E-state index contributed by atoms with van der Waals surface area (Å²) in [5, 5.41) is 3.40. The molecule has 0 amide bonds. The zero-order valence-electron chi connectivity index (χ0n) is 11.5. The molecule has 0 aliphatic heterocycles. The molecule has 0 radical (unpaired) electrons. The maximum atomic E-state index is 12.1. The fourth-order valence-corrected chi connectivity index (χ4v) is 2.56. The second kappa shape index (κ2) is 6.14. The molecule has 0 atom stereocenters. The molecule has 0 heterocycles. The first-order valence-corrected chi connectivity index (χ1v) is 7.00. The maximum Gasteiger partial charge on any atom is 0.176 e. The predicted molar refractivity (Wildman–Crippen MR) is 75.1 cm³/mol. The molecule has 0 spiro atoms. The lowest BCUT2D eigenvalue weighted by atomic mass is 9.95. The van der Waals surface area contributed by atoms with Crippen LogP contribution in [0.15, 0.2) is 18.2 Å². The number of hydrogen-bond donors (Lipinski definition) is 1. The molecule has 0 aromatic heterocycles. The van der Waals surface area contributed by atoms with E-state index >= 15 is 0 Å². The SMILES string of the molecule is Cc1ccc(C(=O)CNC2CCCCC2)cc1C. The van der Waals surface area contributed by atoms with Gasteiger partial charge in [0.25, 0.3) is 0 Å². The monoisotopic (exact) mass is 245 g/mol. The minimum atomic E-state index is 0.212. The largest absolute Gasteiger partial charge is 0.307 e. The van der Waals surface area contributed by atoms with Crippen LogP contribution < -0.4 is 5.32 Å². The van der Waals surface area contributed by atoms with E-state index in [2.05, 4.69) is 19.2 Å². The Hall–Kier alpha value is -1.15. The second-order valence-electron chi connectivity index (χ2n) is 5.44. The van der Waals surface area contributed by atoms with E-state index in [1.54, 1.807) is 0 Å². The molecule has 18 heavy (non-hydrogen) atoms. The second-order valence-corrected chi connectivity index (χ2v) is 5.44. The molecule has 0 bridgehead atoms. The van der Waals surface area contributed by atoms with Gasteiger partial charge in [0.15, 0.2) is 5.78 Å². The number of carbonyl (C=O) groups excluding carboxylic acids is 1. The summed E-state index contributed by atoms with van der Waals surface area (Å²) in [7, 11) is 0. The Balaban J connectivity index is 1.88. The van der Waals surface area contributed by atoms with Crippen molar-refractivity contribution in [2.45, 2.75) is 52.0 Å². The van der Waals surface area contributed by atoms with Crippen LogP contribution in [0.1, 0.15) is 53.6 Å². The molecule has 0 unspecified atom stereocenters. The zero-order valence-corrected chi connectivity index (χ0v) is 11.5. The average Bonchev–Trinajstić information content (AvgIpc) is 2.40. The highest BCUT2D eigenvalue weighted by atomic mass is 16.1. The summed E-state index contributed by atoms with van der Waals surface area (Å²) in [4.78, 5) is 12.1. The van der Waals surface area contributed by atoms with Crippen LogP contribution in [0.4, 0.5) is 0 Å². The lowest BCUT2D eigenvalue weighted by Crippen LogP contribution is -2.35. The van der Waals surface area contributed by atoms with Crippen molar-refractivity contribution in [3.8, 4) is 0 Å². The Morgan fingerprint density at radius 3 is 2.56 bits per heavy atom. The number of aryl methyl sites for hydroxylation is 2. The Morgan fingerprint density at radius 2 is 1.89 bits per heavy atom. The molecule has 2 heteroatoms. The van der Waals surface area contributed by atoms with Crippen molar-refractivity contribution < 1.29 is 4.79 Å². The van der Waals surface area contributed by atoms with Gasteiger partial charge in [0.05, 0.1) is 6.54 Å². The number of carbonyl (C=O) groups is 1. The van der Waals surface area contributed by atoms with Gasteiger partial charge in [-0.15, -0.1) is 0 Å². The Kier molecular flexibility index (Phi) is 4.54. The van der Waals surface area contributed by atoms with Crippen molar-refractivity contribution in [2.75, 3.05) is 6.54 Å². The van der Waals surface area contributed by atoms with Crippen molar-refractivity contribution in [3.05, 3.63) is 34.9 Å². The summed E-state index contributed by atoms with van der Waals surface area (Å²) in [5.74, 6) is 0.212. The molecule has 1 N–H and O–H groups in total. The van der Waals surface area contributed by atoms with Gasteiger partial charge in [0, 0.05) is 11.6 Å². The van der Waals surface area contributed by atoms with Gasteiger partial charge in [0.1, 0.15) is 0 Å². The molecule has 1 saturated carbocycles.